The number of H-pyrrole nitrogens is 1. The number of aromatic amines is 1. The van der Waals surface area contributed by atoms with Crippen molar-refractivity contribution in [3.63, 3.8) is 0 Å². The van der Waals surface area contributed by atoms with Gasteiger partial charge < -0.3 is 5.11 Å². The molecule has 94 valence electrons. The van der Waals surface area contributed by atoms with Crippen molar-refractivity contribution in [1.29, 1.82) is 5.26 Å². The Kier molecular flexibility index (Phi) is 2.93. The zero-order valence-corrected chi connectivity index (χ0v) is 9.88. The second-order valence-electron chi connectivity index (χ2n) is 4.54. The van der Waals surface area contributed by atoms with Gasteiger partial charge in [0.05, 0.1) is 18.7 Å². The van der Waals surface area contributed by atoms with E-state index in [0.717, 1.165) is 0 Å². The van der Waals surface area contributed by atoms with Crippen molar-refractivity contribution in [2.75, 3.05) is 6.61 Å². The Labute approximate surface area is 103 Å². The smallest absolute Gasteiger partial charge is 0.328 e. The topological polar surface area (TPSA) is 98.9 Å². The number of nitrogens with zero attached hydrogens (tertiary/aromatic N) is 2. The van der Waals surface area contributed by atoms with Gasteiger partial charge in [-0.3, -0.25) is 14.3 Å². The van der Waals surface area contributed by atoms with Gasteiger partial charge in [-0.05, 0) is 13.3 Å². The number of nitrogens with one attached hydrogen (secondary N) is 1. The van der Waals surface area contributed by atoms with Gasteiger partial charge in [-0.15, -0.1) is 0 Å². The molecule has 1 aliphatic carbocycles. The number of aliphatic hydroxyl groups excluding tert-OH is 1. The van der Waals surface area contributed by atoms with Crippen molar-refractivity contribution in [1.82, 2.24) is 9.55 Å². The van der Waals surface area contributed by atoms with Gasteiger partial charge in [-0.1, -0.05) is 12.2 Å². The summed E-state index contributed by atoms with van der Waals surface area (Å²) in [7, 11) is 0. The molecule has 0 saturated carbocycles. The number of allylic oxidation sites excluding steroid dienone is 1. The first kappa shape index (κ1) is 12.3. The molecular formula is C12H13N3O3. The molecule has 0 aromatic carbocycles. The van der Waals surface area contributed by atoms with Crippen LogP contribution in [0, 0.1) is 23.7 Å². The molecular weight excluding hydrogens is 234 g/mol. The van der Waals surface area contributed by atoms with Crippen LogP contribution in [0.25, 0.3) is 0 Å². The Balaban J connectivity index is 2.41. The van der Waals surface area contributed by atoms with Crippen molar-refractivity contribution in [3.05, 3.63) is 44.8 Å². The Morgan fingerprint density at radius 2 is 2.39 bits per heavy atom. The van der Waals surface area contributed by atoms with Crippen LogP contribution in [0.15, 0.2) is 27.9 Å². The van der Waals surface area contributed by atoms with Gasteiger partial charge in [-0.25, -0.2) is 4.79 Å². The highest BCUT2D eigenvalue weighted by molar-refractivity contribution is 5.22. The quantitative estimate of drug-likeness (QED) is 0.710. The molecule has 1 aliphatic rings. The van der Waals surface area contributed by atoms with Gasteiger partial charge in [0.25, 0.3) is 5.56 Å². The Bertz CT molecular complexity index is 650. The average Bonchev–Trinajstić information content (AvgIpc) is 2.79. The van der Waals surface area contributed by atoms with Gasteiger partial charge in [0, 0.05) is 11.8 Å². The van der Waals surface area contributed by atoms with E-state index in [1.807, 2.05) is 6.07 Å². The molecule has 6 heteroatoms. The SMILES string of the molecule is Cc1cn([C@H]2C=C[C@@](C#N)(CO)C2)c(=O)[nH]c1=O. The molecule has 0 unspecified atom stereocenters. The van der Waals surface area contributed by atoms with Crippen LogP contribution in [-0.2, 0) is 0 Å². The lowest BCUT2D eigenvalue weighted by Gasteiger charge is -2.18. The molecule has 1 aromatic heterocycles. The summed E-state index contributed by atoms with van der Waals surface area (Å²) in [6.45, 7) is 1.32. The van der Waals surface area contributed by atoms with Crippen LogP contribution >= 0.6 is 0 Å². The average molecular weight is 247 g/mol. The molecule has 0 radical (unpaired) electrons. The van der Waals surface area contributed by atoms with Gasteiger partial charge in [0.15, 0.2) is 0 Å². The number of rotatable bonds is 2. The highest BCUT2D eigenvalue weighted by atomic mass is 16.3. The molecule has 0 amide bonds. The standard InChI is InChI=1S/C12H13N3O3/c1-8-5-15(11(18)14-10(8)17)9-2-3-12(4-9,6-13)7-16/h2-3,5,9,16H,4,7H2,1H3,(H,14,17,18)/t9-,12+/m0/s1. The van der Waals surface area contributed by atoms with Crippen molar-refractivity contribution >= 4 is 0 Å². The number of hydrogen-bond acceptors (Lipinski definition) is 4. The fourth-order valence-corrected chi connectivity index (χ4v) is 2.06. The van der Waals surface area contributed by atoms with Crippen LogP contribution in [0.3, 0.4) is 0 Å². The summed E-state index contributed by atoms with van der Waals surface area (Å²) < 4.78 is 1.38. The maximum absolute atomic E-state index is 11.7. The molecule has 2 atom stereocenters. The molecule has 0 fully saturated rings. The van der Waals surface area contributed by atoms with Gasteiger partial charge in [0.1, 0.15) is 5.41 Å². The summed E-state index contributed by atoms with van der Waals surface area (Å²) in [6.07, 6.45) is 5.12. The van der Waals surface area contributed by atoms with Gasteiger partial charge in [0.2, 0.25) is 0 Å². The van der Waals surface area contributed by atoms with E-state index in [0.29, 0.717) is 12.0 Å². The minimum atomic E-state index is -0.936. The fourth-order valence-electron chi connectivity index (χ4n) is 2.06. The summed E-state index contributed by atoms with van der Waals surface area (Å²) >= 11 is 0. The molecule has 0 aliphatic heterocycles. The van der Waals surface area contributed by atoms with Crippen LogP contribution in [0.5, 0.6) is 0 Å². The molecule has 2 N–H and O–H groups in total. The number of aromatic nitrogens is 2. The molecule has 1 heterocycles. The van der Waals surface area contributed by atoms with E-state index in [-0.39, 0.29) is 12.6 Å². The van der Waals surface area contributed by atoms with E-state index in [9.17, 15) is 14.7 Å². The predicted molar refractivity (Wildman–Crippen MR) is 64.0 cm³/mol. The summed E-state index contributed by atoms with van der Waals surface area (Å²) in [6, 6.07) is 1.73. The van der Waals surface area contributed by atoms with Crippen LogP contribution in [0.2, 0.25) is 0 Å². The van der Waals surface area contributed by atoms with Crippen LogP contribution in [0.4, 0.5) is 0 Å². The minimum absolute atomic E-state index is 0.284. The normalized spacial score (nSPS) is 26.2. The highest BCUT2D eigenvalue weighted by Crippen LogP contribution is 2.36. The number of nitriles is 1. The molecule has 6 nitrogen and oxygen atoms in total. The Hall–Kier alpha value is -2.13. The lowest BCUT2D eigenvalue weighted by Crippen LogP contribution is -2.33. The van der Waals surface area contributed by atoms with Crippen molar-refractivity contribution in [2.24, 2.45) is 5.41 Å². The minimum Gasteiger partial charge on any atom is -0.394 e. The predicted octanol–water partition coefficient (Wildman–Crippen LogP) is -0.152. The van der Waals surface area contributed by atoms with Crippen LogP contribution in [0.1, 0.15) is 18.0 Å². The molecule has 0 saturated heterocycles. The zero-order chi connectivity index (χ0) is 13.3. The molecule has 0 bridgehead atoms. The zero-order valence-electron chi connectivity index (χ0n) is 9.88. The fraction of sp³-hybridized carbons (Fsp3) is 0.417. The summed E-state index contributed by atoms with van der Waals surface area (Å²) in [5, 5.41) is 18.3. The number of hydrogen-bond donors (Lipinski definition) is 2. The Morgan fingerprint density at radius 1 is 1.67 bits per heavy atom. The first-order valence-corrected chi connectivity index (χ1v) is 5.55. The lowest BCUT2D eigenvalue weighted by molar-refractivity contribution is 0.201. The second kappa shape index (κ2) is 4.27. The van der Waals surface area contributed by atoms with Crippen LogP contribution < -0.4 is 11.2 Å². The highest BCUT2D eigenvalue weighted by Gasteiger charge is 2.35. The third kappa shape index (κ3) is 1.89. The molecule has 2 rings (SSSR count). The number of aliphatic hydroxyl groups is 1. The molecule has 1 aromatic rings. The van der Waals surface area contributed by atoms with E-state index < -0.39 is 16.7 Å². The Morgan fingerprint density at radius 3 is 2.94 bits per heavy atom. The van der Waals surface area contributed by atoms with E-state index in [1.165, 1.54) is 10.8 Å². The molecule has 18 heavy (non-hydrogen) atoms. The third-order valence-corrected chi connectivity index (χ3v) is 3.22. The summed E-state index contributed by atoms with van der Waals surface area (Å²) in [5.74, 6) is 0. The van der Waals surface area contributed by atoms with Gasteiger partial charge in [-0.2, -0.15) is 5.26 Å². The van der Waals surface area contributed by atoms with Crippen molar-refractivity contribution in [2.45, 2.75) is 19.4 Å². The van der Waals surface area contributed by atoms with Crippen LogP contribution in [-0.4, -0.2) is 21.3 Å². The second-order valence-corrected chi connectivity index (χ2v) is 4.54. The number of aryl methyl sites for hydroxylation is 1. The van der Waals surface area contributed by atoms with Crippen molar-refractivity contribution < 1.29 is 5.11 Å². The monoisotopic (exact) mass is 247 g/mol. The summed E-state index contributed by atoms with van der Waals surface area (Å²) in [4.78, 5) is 25.2. The molecule has 0 spiro atoms. The van der Waals surface area contributed by atoms with E-state index in [4.69, 9.17) is 5.26 Å². The summed E-state index contributed by atoms with van der Waals surface area (Å²) in [5.41, 5.74) is -1.42. The van der Waals surface area contributed by atoms with E-state index in [1.54, 1.807) is 19.1 Å². The van der Waals surface area contributed by atoms with E-state index in [2.05, 4.69) is 4.98 Å². The first-order valence-electron chi connectivity index (χ1n) is 5.55. The van der Waals surface area contributed by atoms with Gasteiger partial charge >= 0.3 is 5.69 Å². The lowest BCUT2D eigenvalue weighted by atomic mass is 9.90. The maximum atomic E-state index is 11.7. The van der Waals surface area contributed by atoms with E-state index >= 15 is 0 Å². The first-order chi connectivity index (χ1) is 8.51. The maximum Gasteiger partial charge on any atom is 0.328 e. The third-order valence-electron chi connectivity index (χ3n) is 3.22. The van der Waals surface area contributed by atoms with Crippen molar-refractivity contribution in [3.8, 4) is 6.07 Å². The largest absolute Gasteiger partial charge is 0.394 e.